The second-order valence-electron chi connectivity index (χ2n) is 5.71. The third-order valence-electron chi connectivity index (χ3n) is 4.42. The van der Waals surface area contributed by atoms with Crippen LogP contribution in [-0.2, 0) is 0 Å². The predicted molar refractivity (Wildman–Crippen MR) is 93.0 cm³/mol. The van der Waals surface area contributed by atoms with Crippen molar-refractivity contribution in [1.29, 1.82) is 0 Å². The van der Waals surface area contributed by atoms with Crippen molar-refractivity contribution < 1.29 is 9.21 Å². The molecule has 0 bridgehead atoms. The molecule has 1 aliphatic rings. The highest BCUT2D eigenvalue weighted by Gasteiger charge is 2.31. The number of fused-ring (bicyclic) bond motifs is 7. The summed E-state index contributed by atoms with van der Waals surface area (Å²) in [5.74, 6) is -0.0634. The van der Waals surface area contributed by atoms with Crippen LogP contribution < -0.4 is 5.46 Å². The molecule has 106 valence electrons. The van der Waals surface area contributed by atoms with Crippen LogP contribution in [0.3, 0.4) is 0 Å². The van der Waals surface area contributed by atoms with Crippen molar-refractivity contribution in [3.63, 3.8) is 0 Å². The Balaban J connectivity index is 2.02. The van der Waals surface area contributed by atoms with Crippen molar-refractivity contribution in [1.82, 2.24) is 0 Å². The van der Waals surface area contributed by atoms with Gasteiger partial charge in [0.05, 0.1) is 0 Å². The van der Waals surface area contributed by atoms with E-state index in [0.717, 1.165) is 27.5 Å². The minimum absolute atomic E-state index is 0.0634. The lowest BCUT2D eigenvalue weighted by Gasteiger charge is -2.04. The van der Waals surface area contributed by atoms with Crippen LogP contribution in [0.1, 0.15) is 15.9 Å². The number of para-hydroxylation sites is 1. The first-order chi connectivity index (χ1) is 11.1. The highest BCUT2D eigenvalue weighted by atomic mass is 35.5. The summed E-state index contributed by atoms with van der Waals surface area (Å²) in [6.45, 7) is 0. The Morgan fingerprint density at radius 1 is 0.957 bits per heavy atom. The smallest absolute Gasteiger partial charge is 0.194 e. The molecule has 23 heavy (non-hydrogen) atoms. The van der Waals surface area contributed by atoms with Crippen LogP contribution in [0.2, 0.25) is 5.02 Å². The molecule has 3 aromatic carbocycles. The molecule has 0 fully saturated rings. The van der Waals surface area contributed by atoms with E-state index in [-0.39, 0.29) is 5.78 Å². The molecule has 0 aliphatic heterocycles. The van der Waals surface area contributed by atoms with E-state index < -0.39 is 0 Å². The Kier molecular flexibility index (Phi) is 2.41. The normalized spacial score (nSPS) is 12.8. The second-order valence-corrected chi connectivity index (χ2v) is 6.15. The molecule has 2 radical (unpaired) electrons. The fourth-order valence-corrected chi connectivity index (χ4v) is 3.62. The molecule has 0 saturated carbocycles. The van der Waals surface area contributed by atoms with Gasteiger partial charge in [-0.3, -0.25) is 4.79 Å². The summed E-state index contributed by atoms with van der Waals surface area (Å²) < 4.78 is 6.05. The molecule has 1 aliphatic carbocycles. The summed E-state index contributed by atoms with van der Waals surface area (Å²) in [6.07, 6.45) is 0. The zero-order chi connectivity index (χ0) is 15.7. The maximum absolute atomic E-state index is 12.7. The van der Waals surface area contributed by atoms with Crippen molar-refractivity contribution in [2.24, 2.45) is 0 Å². The van der Waals surface area contributed by atoms with E-state index in [9.17, 15) is 4.79 Å². The fourth-order valence-electron chi connectivity index (χ4n) is 3.44. The Bertz CT molecular complexity index is 1160. The number of hydrogen-bond acceptors (Lipinski definition) is 2. The molecule has 0 N–H and O–H groups in total. The van der Waals surface area contributed by atoms with Crippen LogP contribution in [0, 0.1) is 0 Å². The quantitative estimate of drug-likeness (QED) is 0.400. The molecule has 2 nitrogen and oxygen atoms in total. The van der Waals surface area contributed by atoms with Gasteiger partial charge < -0.3 is 4.42 Å². The first-order valence-corrected chi connectivity index (χ1v) is 7.61. The van der Waals surface area contributed by atoms with Gasteiger partial charge in [0.1, 0.15) is 19.0 Å². The van der Waals surface area contributed by atoms with E-state index in [2.05, 4.69) is 0 Å². The molecule has 0 unspecified atom stereocenters. The number of benzene rings is 3. The van der Waals surface area contributed by atoms with Gasteiger partial charge in [0.15, 0.2) is 5.78 Å². The number of rotatable bonds is 0. The van der Waals surface area contributed by atoms with Crippen molar-refractivity contribution >= 4 is 52.6 Å². The first-order valence-electron chi connectivity index (χ1n) is 7.23. The highest BCUT2D eigenvalue weighted by molar-refractivity contribution is 6.44. The lowest BCUT2D eigenvalue weighted by Crippen LogP contribution is -2.07. The lowest BCUT2D eigenvalue weighted by atomic mass is 9.87. The summed E-state index contributed by atoms with van der Waals surface area (Å²) in [7, 11) is 6.23. The number of halogens is 1. The van der Waals surface area contributed by atoms with Crippen LogP contribution in [0.4, 0.5) is 0 Å². The molecule has 0 saturated heterocycles. The maximum atomic E-state index is 12.7. The lowest BCUT2D eigenvalue weighted by molar-refractivity contribution is 0.104. The van der Waals surface area contributed by atoms with E-state index in [0.29, 0.717) is 27.2 Å². The van der Waals surface area contributed by atoms with Crippen LogP contribution in [-0.4, -0.2) is 13.6 Å². The predicted octanol–water partition coefficient (Wildman–Crippen LogP) is 4.24. The van der Waals surface area contributed by atoms with Gasteiger partial charge in [-0.05, 0) is 23.8 Å². The van der Waals surface area contributed by atoms with E-state index in [4.69, 9.17) is 23.9 Å². The molecular weight excluding hydrogens is 306 g/mol. The Labute approximate surface area is 138 Å². The molecule has 1 heterocycles. The van der Waals surface area contributed by atoms with Crippen LogP contribution in [0.5, 0.6) is 0 Å². The van der Waals surface area contributed by atoms with E-state index in [1.165, 1.54) is 0 Å². The molecule has 0 amide bonds. The van der Waals surface area contributed by atoms with Crippen molar-refractivity contribution in [3.05, 3.63) is 64.7 Å². The molecule has 0 atom stereocenters. The second kappa shape index (κ2) is 4.27. The van der Waals surface area contributed by atoms with E-state index in [1.54, 1.807) is 18.2 Å². The summed E-state index contributed by atoms with van der Waals surface area (Å²) in [5.41, 5.74) is 4.80. The highest BCUT2D eigenvalue weighted by Crippen LogP contribution is 2.43. The van der Waals surface area contributed by atoms with Crippen molar-refractivity contribution in [2.75, 3.05) is 0 Å². The molecule has 1 aromatic heterocycles. The number of carbonyl (C=O) groups is 1. The summed E-state index contributed by atoms with van der Waals surface area (Å²) >= 11 is 6.04. The van der Waals surface area contributed by atoms with Gasteiger partial charge in [0.2, 0.25) is 0 Å². The van der Waals surface area contributed by atoms with Crippen LogP contribution >= 0.6 is 11.6 Å². The Morgan fingerprint density at radius 2 is 1.78 bits per heavy atom. The summed E-state index contributed by atoms with van der Waals surface area (Å²) in [4.78, 5) is 12.7. The van der Waals surface area contributed by atoms with Crippen molar-refractivity contribution in [2.45, 2.75) is 0 Å². The number of carbonyl (C=O) groups excluding carboxylic acids is 1. The third-order valence-corrected chi connectivity index (χ3v) is 4.66. The molecule has 5 rings (SSSR count). The van der Waals surface area contributed by atoms with Gasteiger partial charge >= 0.3 is 0 Å². The summed E-state index contributed by atoms with van der Waals surface area (Å²) in [6, 6.07) is 14.8. The fraction of sp³-hybridized carbons (Fsp3) is 0. The van der Waals surface area contributed by atoms with Gasteiger partial charge in [0.25, 0.3) is 0 Å². The SMILES string of the molecule is [B]c1cc2c(c3oc4ccccc4c13)-c1ccc(Cl)cc1C2=O. The third kappa shape index (κ3) is 1.58. The van der Waals surface area contributed by atoms with Gasteiger partial charge in [-0.1, -0.05) is 47.4 Å². The number of furan rings is 1. The maximum Gasteiger partial charge on any atom is 0.194 e. The minimum Gasteiger partial charge on any atom is -0.455 e. The zero-order valence-corrected chi connectivity index (χ0v) is 12.6. The topological polar surface area (TPSA) is 30.2 Å². The van der Waals surface area contributed by atoms with Crippen LogP contribution in [0.15, 0.2) is 52.9 Å². The first kappa shape index (κ1) is 13.0. The Hall–Kier alpha value is -2.52. The largest absolute Gasteiger partial charge is 0.455 e. The van der Waals surface area contributed by atoms with Gasteiger partial charge in [-0.15, -0.1) is 0 Å². The van der Waals surface area contributed by atoms with Gasteiger partial charge in [-0.25, -0.2) is 0 Å². The average molecular weight is 315 g/mol. The Morgan fingerprint density at radius 3 is 2.65 bits per heavy atom. The van der Waals surface area contributed by atoms with Gasteiger partial charge in [0, 0.05) is 32.5 Å². The average Bonchev–Trinajstić information content (AvgIpc) is 3.05. The van der Waals surface area contributed by atoms with E-state index >= 15 is 0 Å². The standard InChI is InChI=1S/C19H8BClO2/c20-14-8-13-16(10-6-5-9(21)7-12(10)18(13)22)19-17(14)11-3-1-2-4-15(11)23-19/h1-8H. The zero-order valence-electron chi connectivity index (χ0n) is 11.9. The monoisotopic (exact) mass is 314 g/mol. The molecule has 0 spiro atoms. The minimum atomic E-state index is -0.0634. The van der Waals surface area contributed by atoms with Crippen LogP contribution in [0.25, 0.3) is 33.1 Å². The molecular formula is C19H8BClO2. The van der Waals surface area contributed by atoms with E-state index in [1.807, 2.05) is 30.3 Å². The summed E-state index contributed by atoms with van der Waals surface area (Å²) in [5, 5.41) is 2.35. The van der Waals surface area contributed by atoms with Crippen molar-refractivity contribution in [3.8, 4) is 11.1 Å². The number of hydrogen-bond donors (Lipinski definition) is 0. The van der Waals surface area contributed by atoms with Gasteiger partial charge in [-0.2, -0.15) is 0 Å². The molecule has 4 heteroatoms. The number of ketones is 1. The molecule has 4 aromatic rings.